The van der Waals surface area contributed by atoms with E-state index in [-0.39, 0.29) is 48.2 Å². The van der Waals surface area contributed by atoms with Crippen LogP contribution in [0.25, 0.3) is 10.4 Å². The molecule has 5 atom stereocenters. The number of aliphatic hydroxyl groups excluding tert-OH is 1. The summed E-state index contributed by atoms with van der Waals surface area (Å²) in [5.74, 6) is -2.01. The number of rotatable bonds is 12. The van der Waals surface area contributed by atoms with Gasteiger partial charge in [0.15, 0.2) is 0 Å². The third-order valence-corrected chi connectivity index (χ3v) is 12.4. The molecule has 0 spiro atoms. The van der Waals surface area contributed by atoms with Crippen LogP contribution in [0.4, 0.5) is 16.2 Å². The van der Waals surface area contributed by atoms with E-state index in [1.807, 2.05) is 30.1 Å². The number of ether oxygens (including phenoxy) is 2. The molecule has 4 aromatic rings. The van der Waals surface area contributed by atoms with Crippen molar-refractivity contribution in [2.24, 2.45) is 11.8 Å². The average Bonchev–Trinajstić information content (AvgIpc) is 3.90. The van der Waals surface area contributed by atoms with Crippen molar-refractivity contribution in [1.29, 1.82) is 0 Å². The number of aliphatic hydroxyl groups is 1. The van der Waals surface area contributed by atoms with Gasteiger partial charge >= 0.3 is 12.1 Å². The molecule has 2 saturated heterocycles. The summed E-state index contributed by atoms with van der Waals surface area (Å²) >= 11 is 3.02. The van der Waals surface area contributed by atoms with Crippen LogP contribution in [-0.4, -0.2) is 78.1 Å². The highest BCUT2D eigenvalue weighted by atomic mass is 32.2. The number of non-ortho nitro benzene ring substituents is 2. The zero-order chi connectivity index (χ0) is 38.4. The third kappa shape index (κ3) is 6.68. The number of nitrogens with zero attached hydrogens (tertiary/aromatic N) is 6. The number of thioether (sulfide) groups is 1. The van der Waals surface area contributed by atoms with Crippen LogP contribution in [0.2, 0.25) is 0 Å². The monoisotopic (exact) mass is 777 g/mol. The summed E-state index contributed by atoms with van der Waals surface area (Å²) in [5.41, 5.74) is 1.86. The van der Waals surface area contributed by atoms with Gasteiger partial charge < -0.3 is 24.4 Å². The molecule has 2 aromatic carbocycles. The number of nitro groups is 2. The summed E-state index contributed by atoms with van der Waals surface area (Å²) in [7, 11) is 0. The molecule has 2 fully saturated rings. The van der Waals surface area contributed by atoms with Gasteiger partial charge in [0.25, 0.3) is 17.7 Å². The maximum atomic E-state index is 13.8. The van der Waals surface area contributed by atoms with Crippen molar-refractivity contribution >= 4 is 62.8 Å². The number of thiazole rings is 1. The van der Waals surface area contributed by atoms with Gasteiger partial charge in [0.05, 0.1) is 38.8 Å². The maximum absolute atomic E-state index is 13.8. The summed E-state index contributed by atoms with van der Waals surface area (Å²) in [4.78, 5) is 66.2. The predicted molar refractivity (Wildman–Crippen MR) is 195 cm³/mol. The largest absolute Gasteiger partial charge is 0.456 e. The number of benzene rings is 2. The van der Waals surface area contributed by atoms with Gasteiger partial charge in [0.2, 0.25) is 15.8 Å². The summed E-state index contributed by atoms with van der Waals surface area (Å²) in [5, 5.41) is 33.4. The normalized spacial score (nSPS) is 21.3. The van der Waals surface area contributed by atoms with Crippen molar-refractivity contribution in [2.45, 2.75) is 69.7 Å². The number of carbonyl (C=O) groups excluding carboxylic acids is 3. The number of hydrogen-bond acceptors (Lipinski definition) is 12. The van der Waals surface area contributed by atoms with E-state index in [0.717, 1.165) is 27.6 Å². The molecule has 16 nitrogen and oxygen atoms in total. The first-order chi connectivity index (χ1) is 25.9. The van der Waals surface area contributed by atoms with Crippen LogP contribution >= 0.6 is 23.1 Å². The van der Waals surface area contributed by atoms with Crippen LogP contribution < -0.4 is 4.57 Å². The van der Waals surface area contributed by atoms with E-state index >= 15 is 0 Å². The van der Waals surface area contributed by atoms with E-state index in [0.29, 0.717) is 29.8 Å². The molecule has 3 aliphatic rings. The molecule has 0 radical (unpaired) electrons. The predicted octanol–water partition coefficient (Wildman–Crippen LogP) is 4.94. The molecular weight excluding hydrogens is 741 g/mol. The van der Waals surface area contributed by atoms with Crippen LogP contribution in [0.1, 0.15) is 42.7 Å². The zero-order valence-electron chi connectivity index (χ0n) is 29.5. The first-order valence-corrected chi connectivity index (χ1v) is 19.3. The molecule has 1 N–H and O–H groups in total. The van der Waals surface area contributed by atoms with Crippen molar-refractivity contribution in [3.05, 3.63) is 103 Å². The van der Waals surface area contributed by atoms with Crippen LogP contribution in [0.15, 0.2) is 71.8 Å². The van der Waals surface area contributed by atoms with Crippen LogP contribution in [0.5, 0.6) is 0 Å². The lowest BCUT2D eigenvalue weighted by Crippen LogP contribution is -2.63. The second kappa shape index (κ2) is 14.8. The highest BCUT2D eigenvalue weighted by Gasteiger charge is 2.60. The molecule has 7 rings (SSSR count). The van der Waals surface area contributed by atoms with Crippen molar-refractivity contribution in [3.8, 4) is 0 Å². The molecule has 2 amide bonds. The molecule has 0 bridgehead atoms. The fourth-order valence-corrected chi connectivity index (χ4v) is 9.83. The van der Waals surface area contributed by atoms with Crippen molar-refractivity contribution in [2.75, 3.05) is 12.8 Å². The van der Waals surface area contributed by atoms with Gasteiger partial charge in [-0.2, -0.15) is 4.40 Å². The fraction of sp³-hybridized carbons (Fsp3) is 0.389. The van der Waals surface area contributed by atoms with E-state index in [9.17, 15) is 39.7 Å². The van der Waals surface area contributed by atoms with Gasteiger partial charge in [0, 0.05) is 42.3 Å². The number of carbonyl (C=O) groups is 3. The van der Waals surface area contributed by atoms with Crippen LogP contribution in [-0.2, 0) is 38.8 Å². The maximum Gasteiger partial charge on any atom is 0.410 e. The highest BCUT2D eigenvalue weighted by molar-refractivity contribution is 7.98. The van der Waals surface area contributed by atoms with E-state index in [1.54, 1.807) is 35.7 Å². The number of β-lactam (4-membered cyclic amide) rings is 1. The summed E-state index contributed by atoms with van der Waals surface area (Å²) < 4.78 is 15.3. The van der Waals surface area contributed by atoms with Crippen molar-refractivity contribution in [3.63, 3.8) is 0 Å². The second-order valence-corrected chi connectivity index (χ2v) is 15.4. The second-order valence-electron chi connectivity index (χ2n) is 13.6. The minimum absolute atomic E-state index is 0.00329. The molecule has 0 aliphatic carbocycles. The number of likely N-dealkylation sites (tertiary alicyclic amines) is 1. The van der Waals surface area contributed by atoms with E-state index in [1.165, 1.54) is 52.6 Å². The van der Waals surface area contributed by atoms with Crippen LogP contribution in [0.3, 0.4) is 0 Å². The third-order valence-electron chi connectivity index (χ3n) is 10.3. The average molecular weight is 778 g/mol. The Morgan fingerprint density at radius 3 is 2.22 bits per heavy atom. The Morgan fingerprint density at radius 2 is 1.65 bits per heavy atom. The number of esters is 1. The Hall–Kier alpha value is -5.33. The molecule has 18 heteroatoms. The van der Waals surface area contributed by atoms with Gasteiger partial charge in [-0.1, -0.05) is 30.0 Å². The molecule has 2 aromatic heterocycles. The van der Waals surface area contributed by atoms with Gasteiger partial charge in [-0.05, 0) is 61.4 Å². The fourth-order valence-electron chi connectivity index (χ4n) is 7.64. The first-order valence-electron chi connectivity index (χ1n) is 17.3. The quantitative estimate of drug-likeness (QED) is 0.0512. The smallest absolute Gasteiger partial charge is 0.410 e. The molecule has 0 unspecified atom stereocenters. The van der Waals surface area contributed by atoms with E-state index in [2.05, 4.69) is 4.57 Å². The molecule has 0 saturated carbocycles. The Bertz CT molecular complexity index is 2180. The molecule has 5 heterocycles. The minimum Gasteiger partial charge on any atom is -0.456 e. The Morgan fingerprint density at radius 1 is 1.04 bits per heavy atom. The zero-order valence-corrected chi connectivity index (χ0v) is 31.2. The Balaban J connectivity index is 1.11. The van der Waals surface area contributed by atoms with Gasteiger partial charge in [0.1, 0.15) is 31.7 Å². The number of amides is 2. The van der Waals surface area contributed by atoms with E-state index < -0.39 is 40.0 Å². The highest BCUT2D eigenvalue weighted by Crippen LogP contribution is 2.52. The van der Waals surface area contributed by atoms with Gasteiger partial charge in [-0.15, -0.1) is 0 Å². The molecule has 282 valence electrons. The molecule has 3 aliphatic heterocycles. The topological polar surface area (TPSA) is 191 Å². The van der Waals surface area contributed by atoms with Crippen molar-refractivity contribution in [1.82, 2.24) is 14.2 Å². The van der Waals surface area contributed by atoms with Crippen LogP contribution in [0, 0.1) is 32.1 Å². The molecule has 54 heavy (non-hydrogen) atoms. The lowest BCUT2D eigenvalue weighted by atomic mass is 9.77. The summed E-state index contributed by atoms with van der Waals surface area (Å²) in [6, 6.07) is 11.0. The molecular formula is C36H37N6O10S2+. The van der Waals surface area contributed by atoms with Gasteiger partial charge in [-0.3, -0.25) is 25.0 Å². The summed E-state index contributed by atoms with van der Waals surface area (Å²) in [6.45, 7) is 4.42. The standard InChI is InChI=1S/C36H37N6O10S2/c1-20-28(31(40-30(20)29(21(2)43)32(40)44)35(45)51-17-22-6-10-24(11-7-22)41(47)48)27-16-38-19-37(33(53-3)34(38)54-27)15-26-5-4-14-39(26)36(46)52-18-23-8-12-25(13-9-23)42(49)50/h6-13,16,19-21,26,29-30,43H,4-5,14-15,17-18H2,1-3H3/q+1/t20-,21+,26+,29+,30+/m0/s1. The van der Waals surface area contributed by atoms with Gasteiger partial charge in [-0.25, -0.2) is 14.2 Å². The first kappa shape index (κ1) is 37.0. The van der Waals surface area contributed by atoms with Crippen molar-refractivity contribution < 1.29 is 43.4 Å². The number of hydrogen-bond donors (Lipinski definition) is 1. The summed E-state index contributed by atoms with van der Waals surface area (Å²) in [6.07, 6.45) is 6.08. The Kier molecular flexibility index (Phi) is 10.2. The lowest BCUT2D eigenvalue weighted by Gasteiger charge is -2.46. The van der Waals surface area contributed by atoms with E-state index in [4.69, 9.17) is 9.47 Å². The lowest BCUT2D eigenvalue weighted by molar-refractivity contribution is -0.733. The Labute approximate surface area is 316 Å². The number of fused-ring (bicyclic) bond motifs is 2. The number of imidazole rings is 1. The SMILES string of the molecule is CSc1c2sc(C3=C(C(=O)OCc4ccc([N+](=O)[O-])cc4)N4C(=O)[C@H]([C@@H](C)O)[C@H]4[C@H]3C)cn2c[n+]1C[C@H]1CCCN1C(=O)OCc1ccc([N+](=O)[O-])cc1. The number of aromatic nitrogens is 2. The number of nitro benzene ring substituents is 2. The minimum atomic E-state index is -0.909.